The summed E-state index contributed by atoms with van der Waals surface area (Å²) < 4.78 is 6.74. The molecule has 134 valence electrons. The van der Waals surface area contributed by atoms with Gasteiger partial charge in [-0.15, -0.1) is 5.92 Å². The average molecular weight is 422 g/mol. The number of carbonyl (C=O) groups is 1. The zero-order valence-electron chi connectivity index (χ0n) is 14.6. The fraction of sp³-hybridized carbons (Fsp3) is 0.0909. The van der Waals surface area contributed by atoms with Gasteiger partial charge in [-0.1, -0.05) is 52.2 Å². The third-order valence-electron chi connectivity index (χ3n) is 3.88. The van der Waals surface area contributed by atoms with E-state index in [2.05, 4.69) is 32.8 Å². The Morgan fingerprint density at radius 1 is 1.07 bits per heavy atom. The molecule has 5 heteroatoms. The summed E-state index contributed by atoms with van der Waals surface area (Å²) in [5.41, 5.74) is 3.19. The van der Waals surface area contributed by atoms with Gasteiger partial charge in [0.05, 0.1) is 5.69 Å². The van der Waals surface area contributed by atoms with Gasteiger partial charge < -0.3 is 9.84 Å². The van der Waals surface area contributed by atoms with Crippen molar-refractivity contribution < 1.29 is 14.6 Å². The summed E-state index contributed by atoms with van der Waals surface area (Å²) >= 11 is 3.51. The topological polar surface area (TPSA) is 59.4 Å². The molecular formula is C22H16BrNO3. The molecule has 1 aromatic heterocycles. The Morgan fingerprint density at radius 3 is 2.59 bits per heavy atom. The fourth-order valence-electron chi connectivity index (χ4n) is 2.67. The van der Waals surface area contributed by atoms with Crippen molar-refractivity contribution >= 4 is 21.9 Å². The molecule has 0 amide bonds. The number of rotatable bonds is 5. The van der Waals surface area contributed by atoms with Crippen molar-refractivity contribution in [3.05, 3.63) is 70.8 Å². The number of hydrogen-bond donors (Lipinski definition) is 1. The molecule has 3 rings (SSSR count). The van der Waals surface area contributed by atoms with Gasteiger partial charge in [-0.05, 0) is 42.8 Å². The zero-order chi connectivity index (χ0) is 19.2. The van der Waals surface area contributed by atoms with E-state index >= 15 is 0 Å². The molecule has 3 aromatic rings. The van der Waals surface area contributed by atoms with Gasteiger partial charge in [0.25, 0.3) is 0 Å². The number of pyridine rings is 1. The fourth-order valence-corrected chi connectivity index (χ4v) is 3.03. The van der Waals surface area contributed by atoms with Gasteiger partial charge in [0.15, 0.2) is 0 Å². The van der Waals surface area contributed by atoms with Crippen molar-refractivity contribution in [2.45, 2.75) is 6.92 Å². The molecule has 27 heavy (non-hydrogen) atoms. The molecule has 0 saturated carbocycles. The van der Waals surface area contributed by atoms with Crippen molar-refractivity contribution in [1.82, 2.24) is 4.98 Å². The van der Waals surface area contributed by atoms with E-state index in [0.717, 1.165) is 21.2 Å². The average Bonchev–Trinajstić information content (AvgIpc) is 2.69. The lowest BCUT2D eigenvalue weighted by molar-refractivity contribution is 0.0690. The van der Waals surface area contributed by atoms with Crippen LogP contribution in [-0.4, -0.2) is 22.7 Å². The Kier molecular flexibility index (Phi) is 5.90. The molecule has 0 aliphatic carbocycles. The first-order chi connectivity index (χ1) is 13.1. The lowest BCUT2D eigenvalue weighted by Crippen LogP contribution is -2.01. The number of aromatic nitrogens is 1. The number of benzene rings is 2. The highest BCUT2D eigenvalue weighted by Gasteiger charge is 2.14. The van der Waals surface area contributed by atoms with Crippen molar-refractivity contribution in [2.24, 2.45) is 0 Å². The standard InChI is InChI=1S/C22H16BrNO3/c1-2-3-13-27-21-12-11-15(23)14-18(21)16-7-4-5-8-17(16)19-9-6-10-20(24-19)22(25)26/h4-12,14H,13H2,1H3,(H,25,26). The van der Waals surface area contributed by atoms with Crippen LogP contribution in [0.4, 0.5) is 0 Å². The van der Waals surface area contributed by atoms with E-state index in [4.69, 9.17) is 4.74 Å². The molecule has 0 bridgehead atoms. The monoisotopic (exact) mass is 421 g/mol. The molecule has 4 nitrogen and oxygen atoms in total. The minimum Gasteiger partial charge on any atom is -0.480 e. The number of nitrogens with zero attached hydrogens (tertiary/aromatic N) is 1. The molecule has 0 saturated heterocycles. The normalized spacial score (nSPS) is 10.0. The molecule has 1 N–H and O–H groups in total. The predicted octanol–water partition coefficient (Wildman–Crippen LogP) is 5.28. The number of ether oxygens (including phenoxy) is 1. The number of carboxylic acid groups (broad SMARTS) is 1. The van der Waals surface area contributed by atoms with Crippen LogP contribution in [0.15, 0.2) is 65.1 Å². The molecule has 0 spiro atoms. The maximum Gasteiger partial charge on any atom is 0.354 e. The predicted molar refractivity (Wildman–Crippen MR) is 109 cm³/mol. The molecule has 2 aromatic carbocycles. The third kappa shape index (κ3) is 4.36. The number of aromatic carboxylic acids is 1. The first-order valence-electron chi connectivity index (χ1n) is 8.22. The summed E-state index contributed by atoms with van der Waals surface area (Å²) in [6, 6.07) is 18.4. The highest BCUT2D eigenvalue weighted by Crippen LogP contribution is 2.38. The summed E-state index contributed by atoms with van der Waals surface area (Å²) in [6.45, 7) is 2.06. The number of hydrogen-bond acceptors (Lipinski definition) is 3. The van der Waals surface area contributed by atoms with Crippen LogP contribution in [0.2, 0.25) is 0 Å². The molecule has 0 fully saturated rings. The van der Waals surface area contributed by atoms with Crippen LogP contribution in [0.3, 0.4) is 0 Å². The van der Waals surface area contributed by atoms with E-state index in [0.29, 0.717) is 18.1 Å². The van der Waals surface area contributed by atoms with Crippen LogP contribution >= 0.6 is 15.9 Å². The molecule has 0 radical (unpaired) electrons. The molecule has 0 aliphatic rings. The van der Waals surface area contributed by atoms with E-state index in [1.165, 1.54) is 6.07 Å². The van der Waals surface area contributed by atoms with Gasteiger partial charge in [0.1, 0.15) is 18.1 Å². The van der Waals surface area contributed by atoms with Gasteiger partial charge in [0, 0.05) is 15.6 Å². The summed E-state index contributed by atoms with van der Waals surface area (Å²) in [5, 5.41) is 9.24. The van der Waals surface area contributed by atoms with Crippen LogP contribution in [0.1, 0.15) is 17.4 Å². The summed E-state index contributed by atoms with van der Waals surface area (Å²) in [5.74, 6) is 5.35. The largest absolute Gasteiger partial charge is 0.480 e. The minimum absolute atomic E-state index is 0.00578. The van der Waals surface area contributed by atoms with E-state index in [1.54, 1.807) is 19.1 Å². The Bertz CT molecular complexity index is 1050. The molecule has 0 unspecified atom stereocenters. The van der Waals surface area contributed by atoms with Crippen LogP contribution < -0.4 is 4.74 Å². The molecule has 0 aliphatic heterocycles. The van der Waals surface area contributed by atoms with Crippen LogP contribution in [0, 0.1) is 11.8 Å². The van der Waals surface area contributed by atoms with Gasteiger partial charge in [-0.3, -0.25) is 0 Å². The molecular weight excluding hydrogens is 406 g/mol. The summed E-state index contributed by atoms with van der Waals surface area (Å²) in [7, 11) is 0. The number of halogens is 1. The van der Waals surface area contributed by atoms with E-state index in [1.807, 2.05) is 42.5 Å². The van der Waals surface area contributed by atoms with Crippen molar-refractivity contribution in [1.29, 1.82) is 0 Å². The highest BCUT2D eigenvalue weighted by molar-refractivity contribution is 9.10. The van der Waals surface area contributed by atoms with Gasteiger partial charge >= 0.3 is 5.97 Å². The second-order valence-corrected chi connectivity index (χ2v) is 6.53. The second-order valence-electron chi connectivity index (χ2n) is 5.61. The van der Waals surface area contributed by atoms with Crippen LogP contribution in [0.25, 0.3) is 22.4 Å². The SMILES string of the molecule is CC#CCOc1ccc(Br)cc1-c1ccccc1-c1cccc(C(=O)O)n1. The van der Waals surface area contributed by atoms with Crippen LogP contribution in [-0.2, 0) is 0 Å². The van der Waals surface area contributed by atoms with Gasteiger partial charge in [-0.2, -0.15) is 0 Å². The summed E-state index contributed by atoms with van der Waals surface area (Å²) in [6.07, 6.45) is 0. The minimum atomic E-state index is -1.06. The first-order valence-corrected chi connectivity index (χ1v) is 9.01. The van der Waals surface area contributed by atoms with Crippen LogP contribution in [0.5, 0.6) is 5.75 Å². The molecule has 0 atom stereocenters. The maximum absolute atomic E-state index is 11.3. The Hall–Kier alpha value is -3.10. The smallest absolute Gasteiger partial charge is 0.354 e. The quantitative estimate of drug-likeness (QED) is 0.569. The van der Waals surface area contributed by atoms with Gasteiger partial charge in [0.2, 0.25) is 0 Å². The zero-order valence-corrected chi connectivity index (χ0v) is 16.2. The maximum atomic E-state index is 11.3. The Balaban J connectivity index is 2.14. The second kappa shape index (κ2) is 8.52. The lowest BCUT2D eigenvalue weighted by Gasteiger charge is -2.14. The van der Waals surface area contributed by atoms with Crippen molar-refractivity contribution in [2.75, 3.05) is 6.61 Å². The highest BCUT2D eigenvalue weighted by atomic mass is 79.9. The summed E-state index contributed by atoms with van der Waals surface area (Å²) in [4.78, 5) is 15.6. The Morgan fingerprint density at radius 2 is 1.85 bits per heavy atom. The third-order valence-corrected chi connectivity index (χ3v) is 4.37. The Labute approximate surface area is 166 Å². The molecule has 1 heterocycles. The first kappa shape index (κ1) is 18.7. The lowest BCUT2D eigenvalue weighted by atomic mass is 9.96. The van der Waals surface area contributed by atoms with E-state index < -0.39 is 5.97 Å². The van der Waals surface area contributed by atoms with E-state index in [9.17, 15) is 9.90 Å². The number of carboxylic acids is 1. The van der Waals surface area contributed by atoms with Crippen molar-refractivity contribution in [3.63, 3.8) is 0 Å². The van der Waals surface area contributed by atoms with E-state index in [-0.39, 0.29) is 5.69 Å². The van der Waals surface area contributed by atoms with Crippen molar-refractivity contribution in [3.8, 4) is 40.0 Å². The van der Waals surface area contributed by atoms with Gasteiger partial charge in [-0.25, -0.2) is 9.78 Å².